The highest BCUT2D eigenvalue weighted by molar-refractivity contribution is 4.84. The van der Waals surface area contributed by atoms with Gasteiger partial charge in [0.1, 0.15) is 0 Å². The summed E-state index contributed by atoms with van der Waals surface area (Å²) in [5.74, 6) is 1.56. The Kier molecular flexibility index (Phi) is 2.17. The zero-order valence-corrected chi connectivity index (χ0v) is 7.13. The van der Waals surface area contributed by atoms with Crippen LogP contribution in [-0.2, 0) is 0 Å². The minimum absolute atomic E-state index is 0.0538. The van der Waals surface area contributed by atoms with Crippen LogP contribution >= 0.6 is 0 Å². The van der Waals surface area contributed by atoms with Gasteiger partial charge < -0.3 is 5.11 Å². The Hall–Kier alpha value is -0.0400. The molecule has 0 aliphatic heterocycles. The van der Waals surface area contributed by atoms with Crippen LogP contribution < -0.4 is 0 Å². The first-order valence-electron chi connectivity index (χ1n) is 5.06. The molecule has 64 valence electrons. The Bertz CT molecular complexity index is 127. The Morgan fingerprint density at radius 1 is 0.818 bits per heavy atom. The van der Waals surface area contributed by atoms with Gasteiger partial charge in [-0.1, -0.05) is 32.1 Å². The molecule has 2 rings (SSSR count). The summed E-state index contributed by atoms with van der Waals surface area (Å²) in [6.07, 6.45) is 9.29. The topological polar surface area (TPSA) is 20.2 Å². The average molecular weight is 154 g/mol. The van der Waals surface area contributed by atoms with Crippen molar-refractivity contribution in [2.75, 3.05) is 0 Å². The highest BCUT2D eigenvalue weighted by Gasteiger charge is 2.33. The molecule has 0 amide bonds. The second-order valence-electron chi connectivity index (χ2n) is 4.21. The van der Waals surface area contributed by atoms with Gasteiger partial charge in [0.05, 0.1) is 6.10 Å². The van der Waals surface area contributed by atoms with Gasteiger partial charge in [0, 0.05) is 0 Å². The fourth-order valence-corrected chi connectivity index (χ4v) is 2.90. The summed E-state index contributed by atoms with van der Waals surface area (Å²) < 4.78 is 0. The largest absolute Gasteiger partial charge is 0.393 e. The van der Waals surface area contributed by atoms with Crippen molar-refractivity contribution in [1.29, 1.82) is 0 Å². The number of aliphatic hydroxyl groups is 1. The summed E-state index contributed by atoms with van der Waals surface area (Å²) in [7, 11) is 0. The van der Waals surface area contributed by atoms with Gasteiger partial charge in [-0.15, -0.1) is 0 Å². The van der Waals surface area contributed by atoms with Crippen LogP contribution in [-0.4, -0.2) is 11.2 Å². The van der Waals surface area contributed by atoms with Crippen LogP contribution in [0.1, 0.15) is 44.9 Å². The van der Waals surface area contributed by atoms with E-state index in [1.807, 2.05) is 0 Å². The Balaban J connectivity index is 1.92. The lowest BCUT2D eigenvalue weighted by Gasteiger charge is -2.21. The van der Waals surface area contributed by atoms with E-state index < -0.39 is 0 Å². The molecular formula is C10H18O. The lowest BCUT2D eigenvalue weighted by atomic mass is 9.88. The van der Waals surface area contributed by atoms with E-state index in [0.29, 0.717) is 5.92 Å². The van der Waals surface area contributed by atoms with E-state index in [1.165, 1.54) is 38.5 Å². The third-order valence-corrected chi connectivity index (χ3v) is 3.54. The van der Waals surface area contributed by atoms with Crippen LogP contribution in [0.2, 0.25) is 0 Å². The van der Waals surface area contributed by atoms with Gasteiger partial charge in [-0.05, 0) is 24.7 Å². The predicted molar refractivity (Wildman–Crippen MR) is 45.3 cm³/mol. The second-order valence-corrected chi connectivity index (χ2v) is 4.21. The molecule has 2 atom stereocenters. The second kappa shape index (κ2) is 3.14. The van der Waals surface area contributed by atoms with Gasteiger partial charge >= 0.3 is 0 Å². The van der Waals surface area contributed by atoms with Crippen LogP contribution in [0.3, 0.4) is 0 Å². The van der Waals surface area contributed by atoms with Crippen LogP contribution in [0.15, 0.2) is 0 Å². The molecule has 0 radical (unpaired) electrons. The van der Waals surface area contributed by atoms with Crippen molar-refractivity contribution in [3.05, 3.63) is 0 Å². The van der Waals surface area contributed by atoms with E-state index in [2.05, 4.69) is 0 Å². The molecule has 0 aromatic carbocycles. The van der Waals surface area contributed by atoms with Gasteiger partial charge in [0.25, 0.3) is 0 Å². The van der Waals surface area contributed by atoms with Crippen LogP contribution in [0.5, 0.6) is 0 Å². The highest BCUT2D eigenvalue weighted by Crippen LogP contribution is 2.40. The fourth-order valence-electron chi connectivity index (χ4n) is 2.90. The molecule has 2 saturated carbocycles. The maximum atomic E-state index is 9.65. The quantitative estimate of drug-likeness (QED) is 0.614. The Morgan fingerprint density at radius 2 is 1.55 bits per heavy atom. The zero-order chi connectivity index (χ0) is 7.68. The van der Waals surface area contributed by atoms with E-state index in [0.717, 1.165) is 12.3 Å². The van der Waals surface area contributed by atoms with E-state index in [9.17, 15) is 5.11 Å². The first-order valence-corrected chi connectivity index (χ1v) is 5.06. The molecule has 2 aliphatic rings. The van der Waals surface area contributed by atoms with E-state index >= 15 is 0 Å². The van der Waals surface area contributed by atoms with Gasteiger partial charge in [-0.25, -0.2) is 0 Å². The summed E-state index contributed by atoms with van der Waals surface area (Å²) in [5.41, 5.74) is 0. The highest BCUT2D eigenvalue weighted by atomic mass is 16.3. The van der Waals surface area contributed by atoms with Crippen molar-refractivity contribution in [3.63, 3.8) is 0 Å². The fraction of sp³-hybridized carbons (Fsp3) is 1.00. The molecular weight excluding hydrogens is 136 g/mol. The number of aliphatic hydroxyl groups excluding tert-OH is 1. The lowest BCUT2D eigenvalue weighted by molar-refractivity contribution is 0.0994. The molecule has 1 nitrogen and oxygen atoms in total. The molecule has 0 heterocycles. The first kappa shape index (κ1) is 7.60. The smallest absolute Gasteiger partial charge is 0.0571 e. The first-order chi connectivity index (χ1) is 5.38. The van der Waals surface area contributed by atoms with Crippen molar-refractivity contribution in [1.82, 2.24) is 0 Å². The summed E-state index contributed by atoms with van der Waals surface area (Å²) in [5, 5.41) is 9.65. The van der Waals surface area contributed by atoms with Crippen LogP contribution in [0.25, 0.3) is 0 Å². The third-order valence-electron chi connectivity index (χ3n) is 3.54. The predicted octanol–water partition coefficient (Wildman–Crippen LogP) is 2.34. The Morgan fingerprint density at radius 3 is 2.09 bits per heavy atom. The van der Waals surface area contributed by atoms with Gasteiger partial charge in [-0.2, -0.15) is 0 Å². The summed E-state index contributed by atoms with van der Waals surface area (Å²) in [4.78, 5) is 0. The molecule has 2 aliphatic carbocycles. The molecule has 2 fully saturated rings. The van der Waals surface area contributed by atoms with Crippen molar-refractivity contribution in [3.8, 4) is 0 Å². The maximum Gasteiger partial charge on any atom is 0.0571 e. The van der Waals surface area contributed by atoms with Gasteiger partial charge in [-0.3, -0.25) is 0 Å². The molecule has 0 bridgehead atoms. The number of hydrogen-bond donors (Lipinski definition) is 1. The van der Waals surface area contributed by atoms with E-state index in [4.69, 9.17) is 0 Å². The standard InChI is InChI=1S/C10H18O/c11-10-7-3-6-9(10)8-4-1-2-5-8/h8-11H,1-7H2/t9-,10-/m1/s1. The molecule has 0 unspecified atom stereocenters. The molecule has 0 saturated heterocycles. The zero-order valence-electron chi connectivity index (χ0n) is 7.13. The molecule has 11 heavy (non-hydrogen) atoms. The SMILES string of the molecule is O[C@@H]1CCC[C@@H]1C1CCCC1. The third kappa shape index (κ3) is 1.44. The molecule has 1 N–H and O–H groups in total. The molecule has 0 spiro atoms. The Labute approximate surface area is 68.8 Å². The van der Waals surface area contributed by atoms with E-state index in [-0.39, 0.29) is 6.10 Å². The monoisotopic (exact) mass is 154 g/mol. The molecule has 1 heteroatoms. The van der Waals surface area contributed by atoms with Crippen molar-refractivity contribution in [2.24, 2.45) is 11.8 Å². The van der Waals surface area contributed by atoms with Crippen molar-refractivity contribution < 1.29 is 5.11 Å². The summed E-state index contributed by atoms with van der Waals surface area (Å²) >= 11 is 0. The van der Waals surface area contributed by atoms with Crippen molar-refractivity contribution in [2.45, 2.75) is 51.0 Å². The normalized spacial score (nSPS) is 40.1. The van der Waals surface area contributed by atoms with Crippen LogP contribution in [0.4, 0.5) is 0 Å². The lowest BCUT2D eigenvalue weighted by Crippen LogP contribution is -2.20. The summed E-state index contributed by atoms with van der Waals surface area (Å²) in [6, 6.07) is 0. The minimum Gasteiger partial charge on any atom is -0.393 e. The van der Waals surface area contributed by atoms with Gasteiger partial charge in [0.15, 0.2) is 0 Å². The minimum atomic E-state index is 0.0538. The van der Waals surface area contributed by atoms with Gasteiger partial charge in [0.2, 0.25) is 0 Å². The van der Waals surface area contributed by atoms with E-state index in [1.54, 1.807) is 0 Å². The average Bonchev–Trinajstić information content (AvgIpc) is 2.55. The number of rotatable bonds is 1. The summed E-state index contributed by atoms with van der Waals surface area (Å²) in [6.45, 7) is 0. The van der Waals surface area contributed by atoms with Crippen molar-refractivity contribution >= 4 is 0 Å². The molecule has 0 aromatic rings. The molecule has 0 aromatic heterocycles. The van der Waals surface area contributed by atoms with Crippen LogP contribution in [0, 0.1) is 11.8 Å². The maximum absolute atomic E-state index is 9.65. The number of hydrogen-bond acceptors (Lipinski definition) is 1.